The van der Waals surface area contributed by atoms with Crippen molar-refractivity contribution >= 4 is 11.6 Å². The van der Waals surface area contributed by atoms with E-state index in [1.807, 2.05) is 6.07 Å². The lowest BCUT2D eigenvalue weighted by Crippen LogP contribution is -2.31. The van der Waals surface area contributed by atoms with Crippen LogP contribution in [0.3, 0.4) is 0 Å². The molecule has 0 bridgehead atoms. The molecule has 16 heavy (non-hydrogen) atoms. The maximum absolute atomic E-state index is 9.74. The van der Waals surface area contributed by atoms with E-state index < -0.39 is 0 Å². The fourth-order valence-electron chi connectivity index (χ4n) is 1.35. The van der Waals surface area contributed by atoms with Gasteiger partial charge in [0.15, 0.2) is 0 Å². The highest BCUT2D eigenvalue weighted by atomic mass is 35.5. The molecule has 4 heteroatoms. The summed E-state index contributed by atoms with van der Waals surface area (Å²) in [5.74, 6) is 0.329. The van der Waals surface area contributed by atoms with Gasteiger partial charge in [-0.3, -0.25) is 0 Å². The molecule has 0 aliphatic carbocycles. The maximum atomic E-state index is 9.74. The van der Waals surface area contributed by atoms with Gasteiger partial charge in [-0.1, -0.05) is 37.9 Å². The van der Waals surface area contributed by atoms with Crippen molar-refractivity contribution in [2.24, 2.45) is 5.92 Å². The summed E-state index contributed by atoms with van der Waals surface area (Å²) in [5.41, 5.74) is 1.07. The molecule has 0 amide bonds. The van der Waals surface area contributed by atoms with E-state index in [2.05, 4.69) is 24.1 Å². The Hall–Kier alpha value is -0.640. The van der Waals surface area contributed by atoms with Crippen molar-refractivity contribution in [3.8, 4) is 0 Å². The van der Waals surface area contributed by atoms with Gasteiger partial charge in [0.05, 0.1) is 6.10 Å². The van der Waals surface area contributed by atoms with Gasteiger partial charge in [-0.25, -0.2) is 4.98 Å². The van der Waals surface area contributed by atoms with Crippen LogP contribution in [-0.4, -0.2) is 22.7 Å². The van der Waals surface area contributed by atoms with Crippen LogP contribution >= 0.6 is 11.6 Å². The van der Waals surface area contributed by atoms with Gasteiger partial charge in [-0.05, 0) is 17.5 Å². The predicted octanol–water partition coefficient (Wildman–Crippen LogP) is 2.23. The first-order valence-electron chi connectivity index (χ1n) is 5.62. The van der Waals surface area contributed by atoms with Crippen LogP contribution in [0.4, 0.5) is 0 Å². The van der Waals surface area contributed by atoms with E-state index in [0.29, 0.717) is 24.2 Å². The molecule has 1 rings (SSSR count). The van der Waals surface area contributed by atoms with Crippen LogP contribution in [0.25, 0.3) is 0 Å². The summed E-state index contributed by atoms with van der Waals surface area (Å²) in [4.78, 5) is 3.99. The van der Waals surface area contributed by atoms with Crippen molar-refractivity contribution in [3.63, 3.8) is 0 Å². The average molecular weight is 243 g/mol. The second kappa shape index (κ2) is 6.84. The highest BCUT2D eigenvalue weighted by molar-refractivity contribution is 6.29. The number of hydrogen-bond acceptors (Lipinski definition) is 3. The highest BCUT2D eigenvalue weighted by Gasteiger charge is 2.10. The fraction of sp³-hybridized carbons (Fsp3) is 0.583. The number of aliphatic hydroxyl groups is 1. The van der Waals surface area contributed by atoms with Crippen molar-refractivity contribution in [2.75, 3.05) is 6.54 Å². The summed E-state index contributed by atoms with van der Waals surface area (Å²) < 4.78 is 0. The van der Waals surface area contributed by atoms with Gasteiger partial charge in [0, 0.05) is 19.3 Å². The molecule has 0 saturated carbocycles. The Morgan fingerprint density at radius 3 is 2.81 bits per heavy atom. The standard InChI is InChI=1S/C12H19ClN2O/c1-3-9(2)11(16)8-14-6-10-4-5-12(13)15-7-10/h4-5,7,9,11,14,16H,3,6,8H2,1-2H3. The molecule has 0 aromatic carbocycles. The third kappa shape index (κ3) is 4.47. The third-order valence-electron chi connectivity index (χ3n) is 2.77. The van der Waals surface area contributed by atoms with Crippen molar-refractivity contribution in [2.45, 2.75) is 32.9 Å². The summed E-state index contributed by atoms with van der Waals surface area (Å²) >= 11 is 5.68. The summed E-state index contributed by atoms with van der Waals surface area (Å²) in [6.45, 7) is 5.45. The van der Waals surface area contributed by atoms with E-state index >= 15 is 0 Å². The van der Waals surface area contributed by atoms with Crippen LogP contribution in [0.15, 0.2) is 18.3 Å². The Labute approximate surface area is 102 Å². The van der Waals surface area contributed by atoms with Crippen molar-refractivity contribution < 1.29 is 5.11 Å². The van der Waals surface area contributed by atoms with Crippen LogP contribution in [0.5, 0.6) is 0 Å². The predicted molar refractivity (Wildman–Crippen MR) is 66.4 cm³/mol. The zero-order chi connectivity index (χ0) is 12.0. The van der Waals surface area contributed by atoms with E-state index in [0.717, 1.165) is 12.0 Å². The molecule has 2 atom stereocenters. The van der Waals surface area contributed by atoms with Crippen LogP contribution in [0.2, 0.25) is 5.15 Å². The first-order valence-corrected chi connectivity index (χ1v) is 6.00. The minimum absolute atomic E-state index is 0.287. The lowest BCUT2D eigenvalue weighted by Gasteiger charge is -2.17. The van der Waals surface area contributed by atoms with Crippen LogP contribution < -0.4 is 5.32 Å². The molecule has 0 aliphatic rings. The van der Waals surface area contributed by atoms with E-state index in [1.54, 1.807) is 12.3 Å². The van der Waals surface area contributed by atoms with E-state index in [1.165, 1.54) is 0 Å². The molecule has 1 heterocycles. The number of aliphatic hydroxyl groups excluding tert-OH is 1. The average Bonchev–Trinajstić information content (AvgIpc) is 2.30. The Kier molecular flexibility index (Phi) is 5.74. The Bertz CT molecular complexity index is 302. The first-order chi connectivity index (χ1) is 7.63. The van der Waals surface area contributed by atoms with Gasteiger partial charge >= 0.3 is 0 Å². The normalized spacial score (nSPS) is 14.8. The molecular formula is C12H19ClN2O. The van der Waals surface area contributed by atoms with Crippen LogP contribution in [-0.2, 0) is 6.54 Å². The van der Waals surface area contributed by atoms with Crippen LogP contribution in [0, 0.1) is 5.92 Å². The molecule has 1 aromatic rings. The number of nitrogens with zero attached hydrogens (tertiary/aromatic N) is 1. The minimum Gasteiger partial charge on any atom is -0.392 e. The maximum Gasteiger partial charge on any atom is 0.129 e. The number of rotatable bonds is 6. The molecule has 0 spiro atoms. The van der Waals surface area contributed by atoms with Crippen LogP contribution in [0.1, 0.15) is 25.8 Å². The number of halogens is 1. The summed E-state index contributed by atoms with van der Waals surface area (Å²) in [6, 6.07) is 3.70. The molecular weight excluding hydrogens is 224 g/mol. The van der Waals surface area contributed by atoms with Gasteiger partial charge in [0.2, 0.25) is 0 Å². The summed E-state index contributed by atoms with van der Waals surface area (Å²) in [7, 11) is 0. The molecule has 2 unspecified atom stereocenters. The van der Waals surface area contributed by atoms with E-state index in [9.17, 15) is 5.11 Å². The van der Waals surface area contributed by atoms with E-state index in [-0.39, 0.29) is 6.10 Å². The lowest BCUT2D eigenvalue weighted by molar-refractivity contribution is 0.113. The molecule has 0 fully saturated rings. The fourth-order valence-corrected chi connectivity index (χ4v) is 1.46. The number of hydrogen-bond donors (Lipinski definition) is 2. The third-order valence-corrected chi connectivity index (χ3v) is 3.00. The summed E-state index contributed by atoms with van der Waals surface area (Å²) in [5, 5.41) is 13.4. The second-order valence-corrected chi connectivity index (χ2v) is 4.46. The van der Waals surface area contributed by atoms with Crippen molar-refractivity contribution in [1.82, 2.24) is 10.3 Å². The number of aromatic nitrogens is 1. The Morgan fingerprint density at radius 2 is 2.25 bits per heavy atom. The molecule has 0 radical (unpaired) electrons. The van der Waals surface area contributed by atoms with Crippen molar-refractivity contribution in [1.29, 1.82) is 0 Å². The summed E-state index contributed by atoms with van der Waals surface area (Å²) in [6.07, 6.45) is 2.45. The second-order valence-electron chi connectivity index (χ2n) is 4.07. The first kappa shape index (κ1) is 13.4. The SMILES string of the molecule is CCC(C)C(O)CNCc1ccc(Cl)nc1. The van der Waals surface area contributed by atoms with Gasteiger partial charge in [-0.2, -0.15) is 0 Å². The minimum atomic E-state index is -0.287. The molecule has 0 saturated heterocycles. The van der Waals surface area contributed by atoms with Gasteiger partial charge in [0.25, 0.3) is 0 Å². The monoisotopic (exact) mass is 242 g/mol. The molecule has 90 valence electrons. The molecule has 1 aromatic heterocycles. The highest BCUT2D eigenvalue weighted by Crippen LogP contribution is 2.07. The quantitative estimate of drug-likeness (QED) is 0.752. The largest absolute Gasteiger partial charge is 0.392 e. The van der Waals surface area contributed by atoms with Gasteiger partial charge < -0.3 is 10.4 Å². The van der Waals surface area contributed by atoms with Gasteiger partial charge in [-0.15, -0.1) is 0 Å². The molecule has 0 aliphatic heterocycles. The number of pyridine rings is 1. The Morgan fingerprint density at radius 1 is 1.50 bits per heavy atom. The van der Waals surface area contributed by atoms with Gasteiger partial charge in [0.1, 0.15) is 5.15 Å². The zero-order valence-electron chi connectivity index (χ0n) is 9.78. The number of nitrogens with one attached hydrogen (secondary N) is 1. The molecule has 2 N–H and O–H groups in total. The Balaban J connectivity index is 2.27. The smallest absolute Gasteiger partial charge is 0.129 e. The van der Waals surface area contributed by atoms with E-state index in [4.69, 9.17) is 11.6 Å². The lowest BCUT2D eigenvalue weighted by atomic mass is 10.0. The molecule has 3 nitrogen and oxygen atoms in total. The van der Waals surface area contributed by atoms with Crippen molar-refractivity contribution in [3.05, 3.63) is 29.0 Å². The topological polar surface area (TPSA) is 45.1 Å². The zero-order valence-corrected chi connectivity index (χ0v) is 10.5.